The number of fused-ring (bicyclic) bond motifs is 1. The monoisotopic (exact) mass is 489 g/mol. The standard InChI is InChI=1S/C18H23N3O3S.HI/c1-19-18(21-15-9-12-25(22,23)13-15)20-10-11-24-17-8-4-6-14-5-2-3-7-16(14)17;/h2-8,15H,9-13H2,1H3,(H2,19,20,21);1H. The number of halogens is 1. The first-order chi connectivity index (χ1) is 12.1. The molecule has 3 rings (SSSR count). The second-order valence-corrected chi connectivity index (χ2v) is 8.30. The first-order valence-corrected chi connectivity index (χ1v) is 10.2. The van der Waals surface area contributed by atoms with Crippen LogP contribution in [-0.2, 0) is 9.84 Å². The molecule has 2 aromatic rings. The average Bonchev–Trinajstić information content (AvgIpc) is 2.96. The van der Waals surface area contributed by atoms with Crippen molar-refractivity contribution in [3.8, 4) is 5.75 Å². The molecule has 0 amide bonds. The SMILES string of the molecule is CN=C(NCCOc1cccc2ccccc12)NC1CCS(=O)(=O)C1.I. The summed E-state index contributed by atoms with van der Waals surface area (Å²) in [5.41, 5.74) is 0. The van der Waals surface area contributed by atoms with Gasteiger partial charge in [-0.15, -0.1) is 24.0 Å². The van der Waals surface area contributed by atoms with Crippen LogP contribution in [0.5, 0.6) is 5.75 Å². The quantitative estimate of drug-likeness (QED) is 0.292. The molecule has 6 nitrogen and oxygen atoms in total. The molecule has 8 heteroatoms. The van der Waals surface area contributed by atoms with Crippen molar-refractivity contribution < 1.29 is 13.2 Å². The Balaban J connectivity index is 0.00000243. The van der Waals surface area contributed by atoms with E-state index in [4.69, 9.17) is 4.74 Å². The molecule has 2 aromatic carbocycles. The lowest BCUT2D eigenvalue weighted by atomic mass is 10.1. The minimum Gasteiger partial charge on any atom is -0.491 e. The van der Waals surface area contributed by atoms with Crippen molar-refractivity contribution in [3.05, 3.63) is 42.5 Å². The highest BCUT2D eigenvalue weighted by atomic mass is 127. The molecular formula is C18H24IN3O3S. The summed E-state index contributed by atoms with van der Waals surface area (Å²) in [5.74, 6) is 1.86. The Kier molecular flexibility index (Phi) is 7.51. The van der Waals surface area contributed by atoms with Crippen LogP contribution in [0.4, 0.5) is 0 Å². The lowest BCUT2D eigenvalue weighted by molar-refractivity contribution is 0.325. The summed E-state index contributed by atoms with van der Waals surface area (Å²) in [6.45, 7) is 1.06. The van der Waals surface area contributed by atoms with E-state index in [2.05, 4.69) is 27.8 Å². The van der Waals surface area contributed by atoms with E-state index in [-0.39, 0.29) is 41.5 Å². The highest BCUT2D eigenvalue weighted by molar-refractivity contribution is 14.0. The highest BCUT2D eigenvalue weighted by Crippen LogP contribution is 2.24. The normalized spacial score (nSPS) is 19.0. The molecule has 1 aliphatic rings. The molecule has 0 aromatic heterocycles. The zero-order valence-electron chi connectivity index (χ0n) is 14.6. The van der Waals surface area contributed by atoms with E-state index in [1.807, 2.05) is 30.3 Å². The van der Waals surface area contributed by atoms with Gasteiger partial charge in [-0.1, -0.05) is 36.4 Å². The summed E-state index contributed by atoms with van der Waals surface area (Å²) in [6, 6.07) is 14.0. The first kappa shape index (κ1) is 20.8. The molecular weight excluding hydrogens is 465 g/mol. The third kappa shape index (κ3) is 5.47. The maximum Gasteiger partial charge on any atom is 0.191 e. The minimum atomic E-state index is -2.90. The third-order valence-electron chi connectivity index (χ3n) is 4.20. The first-order valence-electron chi connectivity index (χ1n) is 8.35. The fourth-order valence-corrected chi connectivity index (χ4v) is 4.62. The van der Waals surface area contributed by atoms with Crippen LogP contribution in [0.25, 0.3) is 10.8 Å². The molecule has 0 radical (unpaired) electrons. The van der Waals surface area contributed by atoms with Crippen molar-refractivity contribution in [1.82, 2.24) is 10.6 Å². The molecule has 1 unspecified atom stereocenters. The number of hydrogen-bond acceptors (Lipinski definition) is 4. The summed E-state index contributed by atoms with van der Waals surface area (Å²) < 4.78 is 28.9. The van der Waals surface area contributed by atoms with Crippen LogP contribution in [-0.4, -0.2) is 52.1 Å². The van der Waals surface area contributed by atoms with E-state index >= 15 is 0 Å². The van der Waals surface area contributed by atoms with Crippen molar-refractivity contribution in [2.75, 3.05) is 31.7 Å². The van der Waals surface area contributed by atoms with Gasteiger partial charge in [-0.25, -0.2) is 8.42 Å². The van der Waals surface area contributed by atoms with Gasteiger partial charge in [-0.3, -0.25) is 4.99 Å². The molecule has 0 bridgehead atoms. The van der Waals surface area contributed by atoms with Gasteiger partial charge in [0.25, 0.3) is 0 Å². The molecule has 1 fully saturated rings. The molecule has 1 aliphatic heterocycles. The van der Waals surface area contributed by atoms with Crippen molar-refractivity contribution >= 4 is 50.5 Å². The molecule has 1 atom stereocenters. The van der Waals surface area contributed by atoms with Crippen LogP contribution in [0.1, 0.15) is 6.42 Å². The van der Waals surface area contributed by atoms with Gasteiger partial charge in [0.05, 0.1) is 18.1 Å². The van der Waals surface area contributed by atoms with Crippen LogP contribution < -0.4 is 15.4 Å². The van der Waals surface area contributed by atoms with E-state index in [0.717, 1.165) is 16.5 Å². The summed E-state index contributed by atoms with van der Waals surface area (Å²) in [5, 5.41) is 8.55. The lowest BCUT2D eigenvalue weighted by Gasteiger charge is -2.16. The molecule has 1 heterocycles. The predicted octanol–water partition coefficient (Wildman–Crippen LogP) is 2.19. The number of aliphatic imine (C=N–C) groups is 1. The average molecular weight is 489 g/mol. The van der Waals surface area contributed by atoms with E-state index in [0.29, 0.717) is 25.5 Å². The van der Waals surface area contributed by atoms with Gasteiger partial charge in [-0.2, -0.15) is 0 Å². The topological polar surface area (TPSA) is 79.8 Å². The van der Waals surface area contributed by atoms with E-state index in [9.17, 15) is 8.42 Å². The van der Waals surface area contributed by atoms with Crippen molar-refractivity contribution in [3.63, 3.8) is 0 Å². The molecule has 142 valence electrons. The van der Waals surface area contributed by atoms with Gasteiger partial charge >= 0.3 is 0 Å². The lowest BCUT2D eigenvalue weighted by Crippen LogP contribution is -2.45. The van der Waals surface area contributed by atoms with E-state index in [1.54, 1.807) is 7.05 Å². The van der Waals surface area contributed by atoms with E-state index in [1.165, 1.54) is 0 Å². The molecule has 1 saturated heterocycles. The fraction of sp³-hybridized carbons (Fsp3) is 0.389. The Morgan fingerprint density at radius 2 is 2.00 bits per heavy atom. The van der Waals surface area contributed by atoms with Gasteiger partial charge in [0.1, 0.15) is 12.4 Å². The highest BCUT2D eigenvalue weighted by Gasteiger charge is 2.28. The van der Waals surface area contributed by atoms with Crippen molar-refractivity contribution in [2.24, 2.45) is 4.99 Å². The maximum absolute atomic E-state index is 11.5. The van der Waals surface area contributed by atoms with Crippen LogP contribution in [0.3, 0.4) is 0 Å². The zero-order chi connectivity index (χ0) is 17.7. The second-order valence-electron chi connectivity index (χ2n) is 6.07. The summed E-state index contributed by atoms with van der Waals surface area (Å²) in [7, 11) is -1.23. The number of sulfone groups is 1. The summed E-state index contributed by atoms with van der Waals surface area (Å²) >= 11 is 0. The molecule has 0 aliphatic carbocycles. The smallest absolute Gasteiger partial charge is 0.191 e. The predicted molar refractivity (Wildman–Crippen MR) is 116 cm³/mol. The number of hydrogen-bond donors (Lipinski definition) is 2. The van der Waals surface area contributed by atoms with Gasteiger partial charge in [-0.05, 0) is 17.9 Å². The van der Waals surface area contributed by atoms with Crippen molar-refractivity contribution in [1.29, 1.82) is 0 Å². The van der Waals surface area contributed by atoms with Gasteiger partial charge in [0.2, 0.25) is 0 Å². The molecule has 2 N–H and O–H groups in total. The third-order valence-corrected chi connectivity index (χ3v) is 5.97. The van der Waals surface area contributed by atoms with Crippen LogP contribution in [0.2, 0.25) is 0 Å². The molecule has 26 heavy (non-hydrogen) atoms. The summed E-state index contributed by atoms with van der Waals surface area (Å²) in [6.07, 6.45) is 0.621. The second kappa shape index (κ2) is 9.40. The largest absolute Gasteiger partial charge is 0.491 e. The Labute approximate surface area is 171 Å². The zero-order valence-corrected chi connectivity index (χ0v) is 17.8. The number of nitrogens with one attached hydrogen (secondary N) is 2. The number of rotatable bonds is 5. The van der Waals surface area contributed by atoms with Gasteiger partial charge in [0.15, 0.2) is 15.8 Å². The number of benzene rings is 2. The van der Waals surface area contributed by atoms with Crippen molar-refractivity contribution in [2.45, 2.75) is 12.5 Å². The van der Waals surface area contributed by atoms with Crippen LogP contribution in [0.15, 0.2) is 47.5 Å². The van der Waals surface area contributed by atoms with Gasteiger partial charge in [0, 0.05) is 18.5 Å². The summed E-state index contributed by atoms with van der Waals surface area (Å²) in [4.78, 5) is 4.14. The number of guanidine groups is 1. The van der Waals surface area contributed by atoms with Crippen LogP contribution in [0, 0.1) is 0 Å². The minimum absolute atomic E-state index is 0. The Morgan fingerprint density at radius 1 is 1.23 bits per heavy atom. The van der Waals surface area contributed by atoms with E-state index < -0.39 is 9.84 Å². The Hall–Kier alpha value is -1.55. The molecule has 0 saturated carbocycles. The van der Waals surface area contributed by atoms with Gasteiger partial charge < -0.3 is 15.4 Å². The number of nitrogens with zero attached hydrogens (tertiary/aromatic N) is 1. The number of ether oxygens (including phenoxy) is 1. The Bertz CT molecular complexity index is 866. The fourth-order valence-electron chi connectivity index (χ4n) is 2.95. The Morgan fingerprint density at radius 3 is 2.73 bits per heavy atom. The van der Waals surface area contributed by atoms with Crippen LogP contribution >= 0.6 is 24.0 Å². The molecule has 0 spiro atoms. The maximum atomic E-state index is 11.5.